The van der Waals surface area contributed by atoms with E-state index in [2.05, 4.69) is 22.5 Å². The number of hydrogen-bond acceptors (Lipinski definition) is 5. The van der Waals surface area contributed by atoms with Gasteiger partial charge in [-0.05, 0) is 57.5 Å². The highest BCUT2D eigenvalue weighted by molar-refractivity contribution is 6.31. The second-order valence-corrected chi connectivity index (χ2v) is 12.1. The number of aryl methyl sites for hydroxylation is 1. The largest absolute Gasteiger partial charge is 0.359 e. The van der Waals surface area contributed by atoms with Crippen LogP contribution >= 0.6 is 24.0 Å². The van der Waals surface area contributed by atoms with Crippen LogP contribution in [-0.2, 0) is 19.1 Å². The zero-order valence-electron chi connectivity index (χ0n) is 23.7. The average molecular weight is 594 g/mol. The smallest absolute Gasteiger partial charge is 0.246 e. The molecule has 5 rings (SSSR count). The molecule has 3 fully saturated rings. The maximum Gasteiger partial charge on any atom is 0.246 e. The molecule has 1 spiro atoms. The van der Waals surface area contributed by atoms with Gasteiger partial charge in [-0.15, -0.1) is 12.4 Å². The molecular formula is C30H42Cl2N4O4. The molecular weight excluding hydrogens is 551 g/mol. The van der Waals surface area contributed by atoms with Gasteiger partial charge in [-0.3, -0.25) is 14.4 Å². The van der Waals surface area contributed by atoms with Crippen molar-refractivity contribution in [2.45, 2.75) is 82.6 Å². The summed E-state index contributed by atoms with van der Waals surface area (Å²) in [6.45, 7) is 6.03. The Morgan fingerprint density at radius 2 is 1.93 bits per heavy atom. The van der Waals surface area contributed by atoms with Gasteiger partial charge in [0, 0.05) is 29.8 Å². The van der Waals surface area contributed by atoms with Crippen molar-refractivity contribution in [3.05, 3.63) is 40.9 Å². The van der Waals surface area contributed by atoms with Gasteiger partial charge >= 0.3 is 0 Å². The molecule has 40 heavy (non-hydrogen) atoms. The van der Waals surface area contributed by atoms with E-state index < -0.39 is 29.6 Å². The lowest BCUT2D eigenvalue weighted by molar-refractivity contribution is -0.141. The Morgan fingerprint density at radius 3 is 2.62 bits per heavy atom. The Hall–Kier alpha value is -2.13. The molecule has 1 saturated carbocycles. The molecule has 3 amide bonds. The van der Waals surface area contributed by atoms with E-state index >= 15 is 0 Å². The molecule has 10 heteroatoms. The van der Waals surface area contributed by atoms with Crippen molar-refractivity contribution in [2.75, 3.05) is 32.0 Å². The van der Waals surface area contributed by atoms with E-state index in [9.17, 15) is 14.4 Å². The summed E-state index contributed by atoms with van der Waals surface area (Å²) in [4.78, 5) is 45.5. The highest BCUT2D eigenvalue weighted by Gasteiger charge is 2.72. The summed E-state index contributed by atoms with van der Waals surface area (Å²) in [5.74, 6) is -2.13. The number of nitrogens with zero attached hydrogens (tertiary/aromatic N) is 2. The number of rotatable bonds is 10. The van der Waals surface area contributed by atoms with E-state index in [1.54, 1.807) is 17.0 Å². The summed E-state index contributed by atoms with van der Waals surface area (Å²) in [5.41, 5.74) is 0.343. The number of carbonyl (C=O) groups is 3. The fourth-order valence-corrected chi connectivity index (χ4v) is 6.93. The normalized spacial score (nSPS) is 29.0. The van der Waals surface area contributed by atoms with Gasteiger partial charge in [0.25, 0.3) is 0 Å². The molecule has 3 aliphatic heterocycles. The quantitative estimate of drug-likeness (QED) is 0.394. The van der Waals surface area contributed by atoms with Crippen LogP contribution in [0.15, 0.2) is 30.4 Å². The third-order valence-corrected chi connectivity index (χ3v) is 9.34. The van der Waals surface area contributed by atoms with Crippen molar-refractivity contribution >= 4 is 47.4 Å². The van der Waals surface area contributed by atoms with E-state index in [-0.39, 0.29) is 36.2 Å². The number of amides is 3. The summed E-state index contributed by atoms with van der Waals surface area (Å²) in [5, 5.41) is 6.75. The van der Waals surface area contributed by atoms with E-state index in [4.69, 9.17) is 16.3 Å². The van der Waals surface area contributed by atoms with Gasteiger partial charge in [-0.2, -0.15) is 0 Å². The molecule has 0 radical (unpaired) electrons. The lowest BCUT2D eigenvalue weighted by atomic mass is 9.74. The molecule has 3 heterocycles. The number of hydrogen-bond donors (Lipinski definition) is 2. The Bertz CT molecular complexity index is 1140. The van der Waals surface area contributed by atoms with Crippen LogP contribution in [-0.4, -0.2) is 78.0 Å². The van der Waals surface area contributed by atoms with E-state index in [0.29, 0.717) is 23.8 Å². The molecule has 2 bridgehead atoms. The summed E-state index contributed by atoms with van der Waals surface area (Å²) in [6, 6.07) is 4.67. The van der Waals surface area contributed by atoms with Gasteiger partial charge in [0.1, 0.15) is 11.6 Å². The molecule has 8 nitrogen and oxygen atoms in total. The van der Waals surface area contributed by atoms with Crippen molar-refractivity contribution in [3.8, 4) is 0 Å². The second-order valence-electron chi connectivity index (χ2n) is 11.7. The van der Waals surface area contributed by atoms with Crippen molar-refractivity contribution in [1.82, 2.24) is 15.1 Å². The fourth-order valence-electron chi connectivity index (χ4n) is 6.75. The predicted octanol–water partition coefficient (Wildman–Crippen LogP) is 4.34. The minimum Gasteiger partial charge on any atom is -0.359 e. The van der Waals surface area contributed by atoms with Crippen LogP contribution in [0.4, 0.5) is 5.69 Å². The number of anilines is 1. The molecule has 1 aromatic rings. The highest BCUT2D eigenvalue weighted by Crippen LogP contribution is 2.55. The lowest BCUT2D eigenvalue weighted by Gasteiger charge is -2.34. The Labute approximate surface area is 248 Å². The topological polar surface area (TPSA) is 91.0 Å². The number of carbonyl (C=O) groups excluding carboxylic acids is 3. The van der Waals surface area contributed by atoms with Crippen LogP contribution in [0.1, 0.15) is 57.4 Å². The van der Waals surface area contributed by atoms with Gasteiger partial charge in [-0.1, -0.05) is 62.4 Å². The number of likely N-dealkylation sites (tertiary alicyclic amines) is 1. The van der Waals surface area contributed by atoms with Gasteiger partial charge in [0.15, 0.2) is 0 Å². The molecule has 2 saturated heterocycles. The SMILES string of the molecule is CCCCN(C)CCN1C(=O)C2C(C(=O)Nc3ccc(C)c(Cl)c3)C3C=CC2(O3)C1C(=O)NC1CCCCC1.Cl. The monoisotopic (exact) mass is 592 g/mol. The summed E-state index contributed by atoms with van der Waals surface area (Å²) < 4.78 is 6.46. The van der Waals surface area contributed by atoms with Crippen LogP contribution in [0, 0.1) is 18.8 Å². The Morgan fingerprint density at radius 1 is 1.18 bits per heavy atom. The number of fused-ring (bicyclic) bond motifs is 1. The van der Waals surface area contributed by atoms with Gasteiger partial charge in [-0.25, -0.2) is 0 Å². The first-order valence-corrected chi connectivity index (χ1v) is 14.9. The van der Waals surface area contributed by atoms with E-state index in [1.165, 1.54) is 6.42 Å². The van der Waals surface area contributed by atoms with Crippen LogP contribution in [0.2, 0.25) is 5.02 Å². The number of benzene rings is 1. The zero-order chi connectivity index (χ0) is 27.7. The van der Waals surface area contributed by atoms with Gasteiger partial charge in [0.05, 0.1) is 17.9 Å². The molecule has 2 N–H and O–H groups in total. The molecule has 5 atom stereocenters. The fraction of sp³-hybridized carbons (Fsp3) is 0.633. The Balaban J connectivity index is 0.00000370. The molecule has 0 aromatic heterocycles. The number of unbranched alkanes of at least 4 members (excludes halogenated alkanes) is 1. The van der Waals surface area contributed by atoms with E-state index in [0.717, 1.165) is 50.6 Å². The van der Waals surface area contributed by atoms with Crippen LogP contribution < -0.4 is 10.6 Å². The summed E-state index contributed by atoms with van der Waals surface area (Å²) >= 11 is 6.28. The minimum atomic E-state index is -1.14. The third kappa shape index (κ3) is 5.78. The molecule has 1 aliphatic carbocycles. The number of nitrogens with one attached hydrogen (secondary N) is 2. The number of likely N-dealkylation sites (N-methyl/N-ethyl adjacent to an activating group) is 1. The predicted molar refractivity (Wildman–Crippen MR) is 159 cm³/mol. The standard InChI is InChI=1S/C30H41ClN4O4.ClH/c1-4-5-15-34(3)16-17-35-26(28(37)32-20-9-7-6-8-10-20)30-14-13-23(39-30)24(25(30)29(35)38)27(36)33-21-12-11-19(2)22(31)18-21;/h11-14,18,20,23-26H,4-10,15-17H2,1-3H3,(H,32,37)(H,33,36);1H. The van der Waals surface area contributed by atoms with Crippen LogP contribution in [0.25, 0.3) is 0 Å². The zero-order valence-corrected chi connectivity index (χ0v) is 25.2. The van der Waals surface area contributed by atoms with Crippen molar-refractivity contribution < 1.29 is 19.1 Å². The lowest BCUT2D eigenvalue weighted by Crippen LogP contribution is -2.57. The summed E-state index contributed by atoms with van der Waals surface area (Å²) in [7, 11) is 2.04. The van der Waals surface area contributed by atoms with Crippen molar-refractivity contribution in [3.63, 3.8) is 0 Å². The van der Waals surface area contributed by atoms with Crippen molar-refractivity contribution in [2.24, 2.45) is 11.8 Å². The average Bonchev–Trinajstić information content (AvgIpc) is 3.56. The maximum atomic E-state index is 14.1. The maximum absolute atomic E-state index is 14.1. The number of halogens is 2. The van der Waals surface area contributed by atoms with Crippen LogP contribution in [0.5, 0.6) is 0 Å². The molecule has 220 valence electrons. The van der Waals surface area contributed by atoms with Gasteiger partial charge in [0.2, 0.25) is 17.7 Å². The van der Waals surface area contributed by atoms with Crippen molar-refractivity contribution in [1.29, 1.82) is 0 Å². The Kier molecular flexibility index (Phi) is 9.87. The number of ether oxygens (including phenoxy) is 1. The first kappa shape index (κ1) is 30.8. The first-order chi connectivity index (χ1) is 18.7. The summed E-state index contributed by atoms with van der Waals surface area (Å²) in [6.07, 6.45) is 10.6. The second kappa shape index (κ2) is 12.8. The highest BCUT2D eigenvalue weighted by atomic mass is 35.5. The molecule has 5 unspecified atom stereocenters. The molecule has 4 aliphatic rings. The molecule has 1 aromatic carbocycles. The van der Waals surface area contributed by atoms with E-state index in [1.807, 2.05) is 32.2 Å². The third-order valence-electron chi connectivity index (χ3n) is 8.93. The minimum absolute atomic E-state index is 0. The van der Waals surface area contributed by atoms with Gasteiger partial charge < -0.3 is 25.2 Å². The first-order valence-electron chi connectivity index (χ1n) is 14.5. The van der Waals surface area contributed by atoms with Crippen LogP contribution in [0.3, 0.4) is 0 Å².